The average Bonchev–Trinajstić information content (AvgIpc) is 2.97. The maximum absolute atomic E-state index is 4.47. The van der Waals surface area contributed by atoms with Crippen molar-refractivity contribution in [2.45, 2.75) is 0 Å². The zero-order valence-electron chi connectivity index (χ0n) is 13.1. The number of hydrogen-bond acceptors (Lipinski definition) is 2. The first-order valence-corrected chi connectivity index (χ1v) is 7.95. The minimum Gasteiger partial charge on any atom is -0.159 e. The van der Waals surface area contributed by atoms with Crippen molar-refractivity contribution in [3.8, 4) is 11.1 Å². The molecule has 0 radical (unpaired) electrons. The summed E-state index contributed by atoms with van der Waals surface area (Å²) in [7, 11) is 0. The lowest BCUT2D eigenvalue weighted by Crippen LogP contribution is -1.96. The molecule has 2 heteroatoms. The SMILES string of the molecule is C(=C/c1ccccc1)/C=N\N=C1c2ccccc2-c2ccccc21. The summed E-state index contributed by atoms with van der Waals surface area (Å²) >= 11 is 0. The molecule has 0 saturated carbocycles. The first-order valence-electron chi connectivity index (χ1n) is 7.95. The molecule has 3 aromatic carbocycles. The summed E-state index contributed by atoms with van der Waals surface area (Å²) < 4.78 is 0. The van der Waals surface area contributed by atoms with Crippen LogP contribution in [0.4, 0.5) is 0 Å². The largest absolute Gasteiger partial charge is 0.159 e. The van der Waals surface area contributed by atoms with Crippen LogP contribution in [0.1, 0.15) is 16.7 Å². The molecular weight excluding hydrogens is 292 g/mol. The Morgan fingerprint density at radius 1 is 0.583 bits per heavy atom. The molecule has 0 aromatic heterocycles. The second-order valence-corrected chi connectivity index (χ2v) is 5.57. The van der Waals surface area contributed by atoms with Gasteiger partial charge in [-0.05, 0) is 22.8 Å². The minimum atomic E-state index is 0.936. The monoisotopic (exact) mass is 308 g/mol. The van der Waals surface area contributed by atoms with E-state index in [0.29, 0.717) is 0 Å². The summed E-state index contributed by atoms with van der Waals surface area (Å²) in [5.41, 5.74) is 6.81. The van der Waals surface area contributed by atoms with Crippen LogP contribution < -0.4 is 0 Å². The molecule has 24 heavy (non-hydrogen) atoms. The lowest BCUT2D eigenvalue weighted by Gasteiger charge is -1.97. The van der Waals surface area contributed by atoms with Gasteiger partial charge in [0.25, 0.3) is 0 Å². The van der Waals surface area contributed by atoms with Gasteiger partial charge in [-0.1, -0.05) is 84.9 Å². The summed E-state index contributed by atoms with van der Waals surface area (Å²) in [4.78, 5) is 0. The second-order valence-electron chi connectivity index (χ2n) is 5.57. The van der Waals surface area contributed by atoms with Gasteiger partial charge in [0.2, 0.25) is 0 Å². The Balaban J connectivity index is 1.63. The Morgan fingerprint density at radius 2 is 1.12 bits per heavy atom. The number of fused-ring (bicyclic) bond motifs is 3. The lowest BCUT2D eigenvalue weighted by molar-refractivity contribution is 1.25. The zero-order valence-corrected chi connectivity index (χ0v) is 13.1. The van der Waals surface area contributed by atoms with Crippen molar-refractivity contribution in [1.29, 1.82) is 0 Å². The second kappa shape index (κ2) is 6.47. The molecule has 2 nitrogen and oxygen atoms in total. The van der Waals surface area contributed by atoms with Crippen molar-refractivity contribution in [1.82, 2.24) is 0 Å². The average molecular weight is 308 g/mol. The molecule has 0 bridgehead atoms. The summed E-state index contributed by atoms with van der Waals surface area (Å²) in [6, 6.07) is 26.8. The predicted octanol–water partition coefficient (Wildman–Crippen LogP) is 5.20. The van der Waals surface area contributed by atoms with Crippen molar-refractivity contribution in [3.63, 3.8) is 0 Å². The van der Waals surface area contributed by atoms with Crippen LogP contribution in [0.5, 0.6) is 0 Å². The highest BCUT2D eigenvalue weighted by Gasteiger charge is 2.23. The van der Waals surface area contributed by atoms with Gasteiger partial charge in [0.1, 0.15) is 5.71 Å². The molecule has 0 aliphatic heterocycles. The fourth-order valence-electron chi connectivity index (χ4n) is 2.95. The van der Waals surface area contributed by atoms with Gasteiger partial charge in [-0.3, -0.25) is 0 Å². The molecule has 1 aliphatic rings. The number of hydrogen-bond donors (Lipinski definition) is 0. The molecule has 0 saturated heterocycles. The highest BCUT2D eigenvalue weighted by Crippen LogP contribution is 2.36. The van der Waals surface area contributed by atoms with Crippen LogP contribution >= 0.6 is 0 Å². The van der Waals surface area contributed by atoms with E-state index in [1.54, 1.807) is 6.21 Å². The molecule has 0 unspecified atom stereocenters. The third kappa shape index (κ3) is 2.70. The molecule has 0 spiro atoms. The number of allylic oxidation sites excluding steroid dienone is 1. The molecule has 4 rings (SSSR count). The van der Waals surface area contributed by atoms with E-state index in [9.17, 15) is 0 Å². The maximum atomic E-state index is 4.47. The van der Waals surface area contributed by atoms with Crippen LogP contribution in [0, 0.1) is 0 Å². The highest BCUT2D eigenvalue weighted by atomic mass is 15.2. The number of nitrogens with zero attached hydrogens (tertiary/aromatic N) is 2. The third-order valence-electron chi connectivity index (χ3n) is 4.05. The Labute approximate surface area is 141 Å². The van der Waals surface area contributed by atoms with Gasteiger partial charge >= 0.3 is 0 Å². The lowest BCUT2D eigenvalue weighted by atomic mass is 10.1. The van der Waals surface area contributed by atoms with Crippen LogP contribution in [0.2, 0.25) is 0 Å². The number of benzene rings is 3. The van der Waals surface area contributed by atoms with Gasteiger partial charge in [-0.25, -0.2) is 0 Å². The molecule has 114 valence electrons. The maximum Gasteiger partial charge on any atom is 0.101 e. The van der Waals surface area contributed by atoms with Crippen LogP contribution in [-0.2, 0) is 0 Å². The fraction of sp³-hybridized carbons (Fsp3) is 0. The molecular formula is C22H16N2. The van der Waals surface area contributed by atoms with Gasteiger partial charge in [0.15, 0.2) is 0 Å². The Kier molecular flexibility index (Phi) is 3.86. The molecule has 0 atom stereocenters. The Hall–Kier alpha value is -3.26. The van der Waals surface area contributed by atoms with Crippen LogP contribution in [-0.4, -0.2) is 11.9 Å². The molecule has 1 aliphatic carbocycles. The van der Waals surface area contributed by atoms with Gasteiger partial charge in [0.05, 0.1) is 0 Å². The van der Waals surface area contributed by atoms with Crippen LogP contribution in [0.15, 0.2) is 95.1 Å². The summed E-state index contributed by atoms with van der Waals surface area (Å²) in [5.74, 6) is 0. The van der Waals surface area contributed by atoms with Gasteiger partial charge < -0.3 is 0 Å². The quantitative estimate of drug-likeness (QED) is 0.367. The fourth-order valence-corrected chi connectivity index (χ4v) is 2.95. The summed E-state index contributed by atoms with van der Waals surface area (Å²) in [6.45, 7) is 0. The van der Waals surface area contributed by atoms with Crippen molar-refractivity contribution < 1.29 is 0 Å². The van der Waals surface area contributed by atoms with Crippen molar-refractivity contribution in [3.05, 3.63) is 102 Å². The zero-order chi connectivity index (χ0) is 16.2. The van der Waals surface area contributed by atoms with Gasteiger partial charge in [0, 0.05) is 17.3 Å². The van der Waals surface area contributed by atoms with E-state index in [1.165, 1.54) is 11.1 Å². The molecule has 0 amide bonds. The van der Waals surface area contributed by atoms with E-state index in [1.807, 2.05) is 42.5 Å². The molecule has 0 fully saturated rings. The predicted molar refractivity (Wildman–Crippen MR) is 101 cm³/mol. The van der Waals surface area contributed by atoms with Gasteiger partial charge in [-0.2, -0.15) is 5.10 Å². The highest BCUT2D eigenvalue weighted by molar-refractivity contribution is 6.24. The van der Waals surface area contributed by atoms with Crippen LogP contribution in [0.25, 0.3) is 17.2 Å². The first-order chi connectivity index (χ1) is 11.9. The number of rotatable bonds is 3. The van der Waals surface area contributed by atoms with E-state index in [-0.39, 0.29) is 0 Å². The van der Waals surface area contributed by atoms with E-state index >= 15 is 0 Å². The van der Waals surface area contributed by atoms with Gasteiger partial charge in [-0.15, -0.1) is 5.10 Å². The van der Waals surface area contributed by atoms with Crippen molar-refractivity contribution in [2.24, 2.45) is 10.2 Å². The molecule has 3 aromatic rings. The normalized spacial score (nSPS) is 12.6. The summed E-state index contributed by atoms with van der Waals surface area (Å²) in [6.07, 6.45) is 5.65. The Bertz CT molecular complexity index is 903. The Morgan fingerprint density at radius 3 is 1.75 bits per heavy atom. The third-order valence-corrected chi connectivity index (χ3v) is 4.05. The van der Waals surface area contributed by atoms with Crippen molar-refractivity contribution >= 4 is 18.0 Å². The topological polar surface area (TPSA) is 24.7 Å². The van der Waals surface area contributed by atoms with Crippen LogP contribution in [0.3, 0.4) is 0 Å². The van der Waals surface area contributed by atoms with E-state index < -0.39 is 0 Å². The minimum absolute atomic E-state index is 0.936. The van der Waals surface area contributed by atoms with Crippen molar-refractivity contribution in [2.75, 3.05) is 0 Å². The summed E-state index contributed by atoms with van der Waals surface area (Å²) in [5, 5.41) is 8.71. The van der Waals surface area contributed by atoms with E-state index in [2.05, 4.69) is 58.7 Å². The molecule has 0 heterocycles. The van der Waals surface area contributed by atoms with E-state index in [0.717, 1.165) is 22.4 Å². The first kappa shape index (κ1) is 14.3. The standard InChI is InChI=1S/C22H16N2/c1-2-9-17(10-3-1)11-8-16-23-24-22-20-14-6-4-12-18(20)19-13-5-7-15-21(19)22/h1-16H/b11-8-,23-16-. The van der Waals surface area contributed by atoms with E-state index in [4.69, 9.17) is 0 Å². The molecule has 0 N–H and O–H groups in total. The smallest absolute Gasteiger partial charge is 0.101 e.